The summed E-state index contributed by atoms with van der Waals surface area (Å²) in [6, 6.07) is 10.1. The molecule has 0 aliphatic carbocycles. The normalized spacial score (nSPS) is 12.9. The Morgan fingerprint density at radius 2 is 2.12 bits per heavy atom. The fourth-order valence-corrected chi connectivity index (χ4v) is 3.05. The van der Waals surface area contributed by atoms with E-state index in [1.54, 1.807) is 11.8 Å². The highest BCUT2D eigenvalue weighted by Crippen LogP contribution is 2.37. The van der Waals surface area contributed by atoms with Crippen LogP contribution < -0.4 is 0 Å². The molecule has 3 heteroatoms. The van der Waals surface area contributed by atoms with Crippen molar-refractivity contribution in [1.82, 2.24) is 0 Å². The second-order valence-corrected chi connectivity index (χ2v) is 4.93. The molecule has 2 nitrogen and oxygen atoms in total. The van der Waals surface area contributed by atoms with Crippen molar-refractivity contribution in [2.24, 2.45) is 0 Å². The second kappa shape index (κ2) is 3.93. The predicted molar refractivity (Wildman–Crippen MR) is 70.2 cm³/mol. The maximum atomic E-state index is 10.8. The average Bonchev–Trinajstić information content (AvgIpc) is 2.33. The van der Waals surface area contributed by atoms with E-state index in [1.165, 1.54) is 15.7 Å². The van der Waals surface area contributed by atoms with E-state index in [-0.39, 0.29) is 6.42 Å². The first-order chi connectivity index (χ1) is 8.25. The zero-order valence-corrected chi connectivity index (χ0v) is 9.83. The van der Waals surface area contributed by atoms with Gasteiger partial charge in [0.05, 0.1) is 6.42 Å². The first-order valence-electron chi connectivity index (χ1n) is 5.35. The van der Waals surface area contributed by atoms with Crippen LogP contribution in [0.25, 0.3) is 16.8 Å². The molecule has 0 spiro atoms. The summed E-state index contributed by atoms with van der Waals surface area (Å²) in [4.78, 5) is 12.0. The highest BCUT2D eigenvalue weighted by Gasteiger charge is 2.13. The smallest absolute Gasteiger partial charge is 0.307 e. The number of rotatable bonds is 2. The quantitative estimate of drug-likeness (QED) is 0.875. The topological polar surface area (TPSA) is 37.3 Å². The summed E-state index contributed by atoms with van der Waals surface area (Å²) in [6.45, 7) is 0. The van der Waals surface area contributed by atoms with E-state index in [1.807, 2.05) is 29.7 Å². The van der Waals surface area contributed by atoms with E-state index in [0.717, 1.165) is 11.1 Å². The SMILES string of the molecule is O=C(O)Cc1ccc2cccc3c2c1C=CS3. The van der Waals surface area contributed by atoms with Gasteiger partial charge in [0.25, 0.3) is 0 Å². The van der Waals surface area contributed by atoms with Gasteiger partial charge in [-0.1, -0.05) is 36.0 Å². The summed E-state index contributed by atoms with van der Waals surface area (Å²) in [5.74, 6) is -0.787. The van der Waals surface area contributed by atoms with E-state index in [4.69, 9.17) is 5.11 Å². The Kier molecular flexibility index (Phi) is 2.41. The molecule has 1 heterocycles. The molecule has 0 amide bonds. The van der Waals surface area contributed by atoms with Gasteiger partial charge in [-0.2, -0.15) is 0 Å². The third-order valence-electron chi connectivity index (χ3n) is 2.91. The minimum atomic E-state index is -0.787. The van der Waals surface area contributed by atoms with E-state index in [0.29, 0.717) is 0 Å². The Balaban J connectivity index is 2.31. The Morgan fingerprint density at radius 3 is 2.94 bits per heavy atom. The number of benzene rings is 2. The molecule has 17 heavy (non-hydrogen) atoms. The second-order valence-electron chi connectivity index (χ2n) is 3.98. The van der Waals surface area contributed by atoms with Gasteiger partial charge >= 0.3 is 5.97 Å². The minimum Gasteiger partial charge on any atom is -0.481 e. The number of aliphatic carboxylic acids is 1. The standard InChI is InChI=1S/C14H10O2S/c15-13(16)8-10-5-4-9-2-1-3-12-14(9)11(10)6-7-17-12/h1-7H,8H2,(H,15,16). The van der Waals surface area contributed by atoms with Crippen LogP contribution in [0.15, 0.2) is 40.6 Å². The Bertz CT molecular complexity index is 644. The largest absolute Gasteiger partial charge is 0.481 e. The van der Waals surface area contributed by atoms with Crippen LogP contribution in [0.1, 0.15) is 11.1 Å². The molecule has 0 bridgehead atoms. The van der Waals surface area contributed by atoms with Gasteiger partial charge in [0.15, 0.2) is 0 Å². The molecule has 84 valence electrons. The van der Waals surface area contributed by atoms with Gasteiger partial charge in [-0.3, -0.25) is 4.79 Å². The highest BCUT2D eigenvalue weighted by atomic mass is 32.2. The van der Waals surface area contributed by atoms with E-state index >= 15 is 0 Å². The molecule has 1 aliphatic heterocycles. The predicted octanol–water partition coefficient (Wildman–Crippen LogP) is 3.54. The lowest BCUT2D eigenvalue weighted by molar-refractivity contribution is -0.136. The summed E-state index contributed by atoms with van der Waals surface area (Å²) >= 11 is 1.68. The van der Waals surface area contributed by atoms with Crippen molar-refractivity contribution in [3.8, 4) is 0 Å². The monoisotopic (exact) mass is 242 g/mol. The molecular formula is C14H10O2S. The lowest BCUT2D eigenvalue weighted by Crippen LogP contribution is -2.03. The van der Waals surface area contributed by atoms with Crippen LogP contribution >= 0.6 is 11.8 Å². The van der Waals surface area contributed by atoms with Crippen molar-refractivity contribution in [3.05, 3.63) is 46.9 Å². The van der Waals surface area contributed by atoms with Gasteiger partial charge in [0.2, 0.25) is 0 Å². The maximum Gasteiger partial charge on any atom is 0.307 e. The third-order valence-corrected chi connectivity index (χ3v) is 3.78. The first kappa shape index (κ1) is 10.4. The molecule has 0 unspecified atom stereocenters. The summed E-state index contributed by atoms with van der Waals surface area (Å²) in [5.41, 5.74) is 1.94. The third kappa shape index (κ3) is 1.72. The van der Waals surface area contributed by atoms with Gasteiger partial charge in [-0.05, 0) is 34.1 Å². The Morgan fingerprint density at radius 1 is 1.24 bits per heavy atom. The van der Waals surface area contributed by atoms with Crippen LogP contribution in [0.2, 0.25) is 0 Å². The fourth-order valence-electron chi connectivity index (χ4n) is 2.20. The zero-order valence-electron chi connectivity index (χ0n) is 9.01. The lowest BCUT2D eigenvalue weighted by atomic mass is 9.97. The maximum absolute atomic E-state index is 10.8. The Labute approximate surface area is 103 Å². The summed E-state index contributed by atoms with van der Waals surface area (Å²) < 4.78 is 0. The number of hydrogen-bond acceptors (Lipinski definition) is 2. The average molecular weight is 242 g/mol. The van der Waals surface area contributed by atoms with E-state index in [2.05, 4.69) is 12.1 Å². The summed E-state index contributed by atoms with van der Waals surface area (Å²) in [5, 5.41) is 13.3. The molecule has 0 fully saturated rings. The fraction of sp³-hybridized carbons (Fsp3) is 0.0714. The number of thioether (sulfide) groups is 1. The van der Waals surface area contributed by atoms with Gasteiger partial charge in [0.1, 0.15) is 0 Å². The van der Waals surface area contributed by atoms with Crippen molar-refractivity contribution in [1.29, 1.82) is 0 Å². The van der Waals surface area contributed by atoms with Crippen molar-refractivity contribution >= 4 is 34.6 Å². The van der Waals surface area contributed by atoms with Crippen molar-refractivity contribution in [3.63, 3.8) is 0 Å². The molecule has 3 rings (SSSR count). The van der Waals surface area contributed by atoms with Gasteiger partial charge in [-0.25, -0.2) is 0 Å². The van der Waals surface area contributed by atoms with Crippen LogP contribution in [0.3, 0.4) is 0 Å². The molecular weight excluding hydrogens is 232 g/mol. The highest BCUT2D eigenvalue weighted by molar-refractivity contribution is 8.02. The molecule has 0 saturated carbocycles. The molecule has 2 aromatic carbocycles. The van der Waals surface area contributed by atoms with Crippen LogP contribution in [-0.4, -0.2) is 11.1 Å². The molecule has 1 aliphatic rings. The minimum absolute atomic E-state index is 0.0780. The Hall–Kier alpha value is -1.74. The lowest BCUT2D eigenvalue weighted by Gasteiger charge is -2.15. The van der Waals surface area contributed by atoms with Gasteiger partial charge in [0, 0.05) is 10.3 Å². The number of carboxylic acids is 1. The van der Waals surface area contributed by atoms with Crippen LogP contribution in [0.4, 0.5) is 0 Å². The molecule has 0 aromatic heterocycles. The van der Waals surface area contributed by atoms with Crippen molar-refractivity contribution in [2.45, 2.75) is 11.3 Å². The zero-order chi connectivity index (χ0) is 11.8. The number of carboxylic acid groups (broad SMARTS) is 1. The number of carbonyl (C=O) groups is 1. The molecule has 0 saturated heterocycles. The molecule has 1 N–H and O–H groups in total. The van der Waals surface area contributed by atoms with Crippen LogP contribution in [0.5, 0.6) is 0 Å². The molecule has 0 atom stereocenters. The summed E-state index contributed by atoms with van der Waals surface area (Å²) in [6.07, 6.45) is 2.09. The van der Waals surface area contributed by atoms with Crippen molar-refractivity contribution < 1.29 is 9.90 Å². The molecule has 0 radical (unpaired) electrons. The van der Waals surface area contributed by atoms with Gasteiger partial charge < -0.3 is 5.11 Å². The van der Waals surface area contributed by atoms with E-state index < -0.39 is 5.97 Å². The van der Waals surface area contributed by atoms with Crippen LogP contribution in [0, 0.1) is 0 Å². The number of hydrogen-bond donors (Lipinski definition) is 1. The first-order valence-corrected chi connectivity index (χ1v) is 6.23. The van der Waals surface area contributed by atoms with Crippen LogP contribution in [-0.2, 0) is 11.2 Å². The summed E-state index contributed by atoms with van der Waals surface area (Å²) in [7, 11) is 0. The van der Waals surface area contributed by atoms with Crippen molar-refractivity contribution in [2.75, 3.05) is 0 Å². The molecule has 2 aromatic rings. The van der Waals surface area contributed by atoms with Gasteiger partial charge in [-0.15, -0.1) is 0 Å². The van der Waals surface area contributed by atoms with E-state index in [9.17, 15) is 4.79 Å².